The van der Waals surface area contributed by atoms with Crippen LogP contribution >= 0.6 is 0 Å². The van der Waals surface area contributed by atoms with E-state index >= 15 is 0 Å². The zero-order chi connectivity index (χ0) is 12.4. The largest absolute Gasteiger partial charge is 0.347 e. The maximum absolute atomic E-state index is 11.9. The van der Waals surface area contributed by atoms with Crippen LogP contribution in [0.3, 0.4) is 0 Å². The Kier molecular flexibility index (Phi) is 3.08. The molecule has 0 unspecified atom stereocenters. The van der Waals surface area contributed by atoms with Crippen molar-refractivity contribution in [3.63, 3.8) is 0 Å². The summed E-state index contributed by atoms with van der Waals surface area (Å²) in [5.74, 6) is 0.122. The molecular formula is C15H19NO2. The van der Waals surface area contributed by atoms with E-state index in [1.54, 1.807) is 0 Å². The molecule has 1 aromatic carbocycles. The topological polar surface area (TPSA) is 38.3 Å². The fourth-order valence-corrected chi connectivity index (χ4v) is 3.08. The van der Waals surface area contributed by atoms with E-state index in [4.69, 9.17) is 4.74 Å². The summed E-state index contributed by atoms with van der Waals surface area (Å²) in [5, 5.41) is 2.94. The van der Waals surface area contributed by atoms with Crippen molar-refractivity contribution in [1.29, 1.82) is 0 Å². The lowest BCUT2D eigenvalue weighted by Crippen LogP contribution is -2.50. The van der Waals surface area contributed by atoms with Gasteiger partial charge in [-0.15, -0.1) is 0 Å². The van der Waals surface area contributed by atoms with Gasteiger partial charge in [-0.3, -0.25) is 4.79 Å². The van der Waals surface area contributed by atoms with Gasteiger partial charge >= 0.3 is 0 Å². The molecule has 3 nitrogen and oxygen atoms in total. The summed E-state index contributed by atoms with van der Waals surface area (Å²) in [6.45, 7) is 0. The Bertz CT molecular complexity index is 423. The Morgan fingerprint density at radius 2 is 1.83 bits per heavy atom. The summed E-state index contributed by atoms with van der Waals surface area (Å²) in [7, 11) is 0. The maximum Gasteiger partial charge on any atom is 0.225 e. The van der Waals surface area contributed by atoms with Gasteiger partial charge in [-0.25, -0.2) is 0 Å². The van der Waals surface area contributed by atoms with Crippen LogP contribution in [-0.4, -0.2) is 11.5 Å². The zero-order valence-corrected chi connectivity index (χ0v) is 10.5. The number of ether oxygens (including phenoxy) is 1. The number of nitrogens with one attached hydrogen (secondary N) is 1. The number of hydrogen-bond acceptors (Lipinski definition) is 2. The molecule has 1 saturated heterocycles. The second kappa shape index (κ2) is 4.73. The van der Waals surface area contributed by atoms with Crippen molar-refractivity contribution in [2.45, 2.75) is 50.4 Å². The lowest BCUT2D eigenvalue weighted by atomic mass is 9.81. The Balaban J connectivity index is 1.82. The molecule has 1 amide bonds. The Hall–Kier alpha value is -1.35. The minimum atomic E-state index is -0.273. The average Bonchev–Trinajstić information content (AvgIpc) is 2.40. The molecule has 1 N–H and O–H groups in total. The molecule has 3 rings (SSSR count). The molecule has 0 bridgehead atoms. The third-order valence-corrected chi connectivity index (χ3v) is 4.01. The number of amides is 1. The van der Waals surface area contributed by atoms with Gasteiger partial charge < -0.3 is 10.1 Å². The van der Waals surface area contributed by atoms with E-state index in [1.165, 1.54) is 19.3 Å². The third kappa shape index (κ3) is 2.27. The van der Waals surface area contributed by atoms with Gasteiger partial charge in [-0.1, -0.05) is 49.6 Å². The lowest BCUT2D eigenvalue weighted by molar-refractivity contribution is -0.174. The molecular weight excluding hydrogens is 226 g/mol. The van der Waals surface area contributed by atoms with Crippen LogP contribution in [0.4, 0.5) is 0 Å². The van der Waals surface area contributed by atoms with Crippen molar-refractivity contribution in [3.8, 4) is 0 Å². The fourth-order valence-electron chi connectivity index (χ4n) is 3.08. The van der Waals surface area contributed by atoms with Crippen molar-refractivity contribution >= 4 is 5.91 Å². The third-order valence-electron chi connectivity index (χ3n) is 4.01. The smallest absolute Gasteiger partial charge is 0.225 e. The van der Waals surface area contributed by atoms with Crippen LogP contribution in [0.5, 0.6) is 0 Å². The van der Waals surface area contributed by atoms with Crippen LogP contribution in [-0.2, 0) is 9.53 Å². The maximum atomic E-state index is 11.9. The molecule has 2 fully saturated rings. The normalized spacial score (nSPS) is 26.9. The number of carbonyl (C=O) groups excluding carboxylic acids is 1. The monoisotopic (exact) mass is 245 g/mol. The minimum absolute atomic E-state index is 0.122. The van der Waals surface area contributed by atoms with E-state index in [1.807, 2.05) is 30.3 Å². The predicted octanol–water partition coefficient (Wildman–Crippen LogP) is 2.92. The van der Waals surface area contributed by atoms with Gasteiger partial charge in [0.05, 0.1) is 12.0 Å². The van der Waals surface area contributed by atoms with E-state index in [2.05, 4.69) is 5.32 Å². The van der Waals surface area contributed by atoms with Gasteiger partial charge in [0, 0.05) is 5.56 Å². The highest BCUT2D eigenvalue weighted by molar-refractivity contribution is 5.78. The van der Waals surface area contributed by atoms with Gasteiger partial charge in [-0.05, 0) is 12.8 Å². The molecule has 1 atom stereocenters. The number of rotatable bonds is 1. The van der Waals surface area contributed by atoms with E-state index in [9.17, 15) is 4.79 Å². The van der Waals surface area contributed by atoms with Crippen LogP contribution in [0.2, 0.25) is 0 Å². The quantitative estimate of drug-likeness (QED) is 0.826. The molecule has 3 heteroatoms. The molecule has 18 heavy (non-hydrogen) atoms. The van der Waals surface area contributed by atoms with Crippen molar-refractivity contribution in [2.24, 2.45) is 0 Å². The van der Waals surface area contributed by atoms with Crippen molar-refractivity contribution in [1.82, 2.24) is 5.32 Å². The summed E-state index contributed by atoms with van der Waals surface area (Å²) in [6, 6.07) is 9.95. The summed E-state index contributed by atoms with van der Waals surface area (Å²) in [5.41, 5.74) is 0.830. The molecule has 0 radical (unpaired) electrons. The molecule has 96 valence electrons. The standard InChI is InChI=1S/C15H19NO2/c17-13-11-15(9-5-2-6-10-15)18-14(16-13)12-7-3-1-4-8-12/h1,3-4,7-8,14H,2,5-6,9-11H2,(H,16,17)/t14-/m1/s1. The minimum Gasteiger partial charge on any atom is -0.347 e. The van der Waals surface area contributed by atoms with Gasteiger partial charge in [-0.2, -0.15) is 0 Å². The average molecular weight is 245 g/mol. The zero-order valence-electron chi connectivity index (χ0n) is 10.5. The van der Waals surface area contributed by atoms with Crippen molar-refractivity contribution in [3.05, 3.63) is 35.9 Å². The van der Waals surface area contributed by atoms with E-state index in [0.29, 0.717) is 6.42 Å². The van der Waals surface area contributed by atoms with Gasteiger partial charge in [0.15, 0.2) is 6.23 Å². The Morgan fingerprint density at radius 1 is 1.11 bits per heavy atom. The van der Waals surface area contributed by atoms with E-state index in [0.717, 1.165) is 18.4 Å². The first-order valence-electron chi connectivity index (χ1n) is 6.80. The first-order chi connectivity index (χ1) is 8.77. The molecule has 1 aromatic rings. The predicted molar refractivity (Wildman–Crippen MR) is 68.8 cm³/mol. The van der Waals surface area contributed by atoms with E-state index < -0.39 is 0 Å². The molecule has 1 saturated carbocycles. The Morgan fingerprint density at radius 3 is 2.56 bits per heavy atom. The highest BCUT2D eigenvalue weighted by atomic mass is 16.5. The van der Waals surface area contributed by atoms with Crippen LogP contribution in [0.25, 0.3) is 0 Å². The number of benzene rings is 1. The number of carbonyl (C=O) groups is 1. The van der Waals surface area contributed by atoms with Gasteiger partial charge in [0.25, 0.3) is 0 Å². The summed E-state index contributed by atoms with van der Waals surface area (Å²) >= 11 is 0. The van der Waals surface area contributed by atoms with E-state index in [-0.39, 0.29) is 17.7 Å². The first-order valence-corrected chi connectivity index (χ1v) is 6.80. The molecule has 1 aliphatic heterocycles. The second-order valence-electron chi connectivity index (χ2n) is 5.40. The molecule has 1 heterocycles. The van der Waals surface area contributed by atoms with Crippen molar-refractivity contribution < 1.29 is 9.53 Å². The molecule has 0 aromatic heterocycles. The summed E-state index contributed by atoms with van der Waals surface area (Å²) in [4.78, 5) is 11.9. The SMILES string of the molecule is O=C1CC2(CCCCC2)O[C@H](c2ccccc2)N1. The molecule has 1 aliphatic carbocycles. The van der Waals surface area contributed by atoms with Crippen LogP contribution < -0.4 is 5.32 Å². The second-order valence-corrected chi connectivity index (χ2v) is 5.40. The first kappa shape index (κ1) is 11.7. The summed E-state index contributed by atoms with van der Waals surface area (Å²) < 4.78 is 6.24. The molecule has 2 aliphatic rings. The summed E-state index contributed by atoms with van der Waals surface area (Å²) in [6.07, 6.45) is 5.90. The lowest BCUT2D eigenvalue weighted by Gasteiger charge is -2.43. The number of hydrogen-bond donors (Lipinski definition) is 1. The van der Waals surface area contributed by atoms with Crippen LogP contribution in [0.1, 0.15) is 50.3 Å². The highest BCUT2D eigenvalue weighted by Crippen LogP contribution is 2.40. The highest BCUT2D eigenvalue weighted by Gasteiger charge is 2.41. The Labute approximate surface area is 108 Å². The van der Waals surface area contributed by atoms with Crippen molar-refractivity contribution in [2.75, 3.05) is 0 Å². The molecule has 1 spiro atoms. The van der Waals surface area contributed by atoms with Gasteiger partial charge in [0.2, 0.25) is 5.91 Å². The van der Waals surface area contributed by atoms with Crippen LogP contribution in [0, 0.1) is 0 Å². The van der Waals surface area contributed by atoms with Crippen LogP contribution in [0.15, 0.2) is 30.3 Å². The fraction of sp³-hybridized carbons (Fsp3) is 0.533. The van der Waals surface area contributed by atoms with Gasteiger partial charge in [0.1, 0.15) is 0 Å².